The summed E-state index contributed by atoms with van der Waals surface area (Å²) in [7, 11) is 1.68. The third kappa shape index (κ3) is 2.53. The van der Waals surface area contributed by atoms with Crippen LogP contribution in [-0.4, -0.2) is 17.0 Å². The van der Waals surface area contributed by atoms with Crippen LogP contribution in [0.4, 0.5) is 26.2 Å². The summed E-state index contributed by atoms with van der Waals surface area (Å²) in [5, 5.41) is 5.53. The first-order valence-corrected chi connectivity index (χ1v) is 5.33. The summed E-state index contributed by atoms with van der Waals surface area (Å²) >= 11 is 0. The number of anilines is 3. The van der Waals surface area contributed by atoms with E-state index in [0.717, 1.165) is 23.8 Å². The number of halogens is 2. The van der Waals surface area contributed by atoms with E-state index in [9.17, 15) is 8.78 Å². The largest absolute Gasteiger partial charge is 0.357 e. The van der Waals surface area contributed by atoms with Gasteiger partial charge in [0.2, 0.25) is 5.95 Å². The van der Waals surface area contributed by atoms with Gasteiger partial charge in [-0.15, -0.1) is 0 Å². The van der Waals surface area contributed by atoms with Gasteiger partial charge < -0.3 is 10.6 Å². The van der Waals surface area contributed by atoms with Gasteiger partial charge in [-0.3, -0.25) is 0 Å². The fourth-order valence-electron chi connectivity index (χ4n) is 1.41. The van der Waals surface area contributed by atoms with Crippen LogP contribution in [-0.2, 0) is 0 Å². The highest BCUT2D eigenvalue weighted by atomic mass is 19.1. The molecule has 94 valence electrons. The van der Waals surface area contributed by atoms with Crippen molar-refractivity contribution in [2.75, 3.05) is 17.7 Å². The van der Waals surface area contributed by atoms with Crippen LogP contribution in [0.5, 0.6) is 0 Å². The third-order valence-electron chi connectivity index (χ3n) is 2.38. The second-order valence-electron chi connectivity index (χ2n) is 3.72. The normalized spacial score (nSPS) is 10.2. The molecule has 1 heterocycles. The molecule has 0 fully saturated rings. The van der Waals surface area contributed by atoms with E-state index in [0.29, 0.717) is 11.8 Å². The van der Waals surface area contributed by atoms with E-state index in [4.69, 9.17) is 0 Å². The summed E-state index contributed by atoms with van der Waals surface area (Å²) in [5.74, 6) is -0.223. The summed E-state index contributed by atoms with van der Waals surface area (Å²) < 4.78 is 26.5. The fraction of sp³-hybridized carbons (Fsp3) is 0.167. The number of aromatic nitrogens is 2. The van der Waals surface area contributed by atoms with Crippen molar-refractivity contribution in [2.24, 2.45) is 0 Å². The average Bonchev–Trinajstić information content (AvgIpc) is 2.36. The topological polar surface area (TPSA) is 49.8 Å². The minimum Gasteiger partial charge on any atom is -0.357 e. The molecule has 0 radical (unpaired) electrons. The molecule has 0 aliphatic carbocycles. The summed E-state index contributed by atoms with van der Waals surface area (Å²) in [6.45, 7) is 1.78. The van der Waals surface area contributed by atoms with Gasteiger partial charge in [0.1, 0.15) is 17.5 Å². The molecule has 0 aliphatic rings. The molecule has 2 N–H and O–H groups in total. The van der Waals surface area contributed by atoms with Crippen LogP contribution in [0, 0.1) is 18.6 Å². The second-order valence-corrected chi connectivity index (χ2v) is 3.72. The molecule has 0 atom stereocenters. The lowest BCUT2D eigenvalue weighted by atomic mass is 10.2. The number of hydrogen-bond donors (Lipinski definition) is 2. The van der Waals surface area contributed by atoms with Crippen LogP contribution in [0.3, 0.4) is 0 Å². The minimum atomic E-state index is -0.541. The predicted molar refractivity (Wildman–Crippen MR) is 66.0 cm³/mol. The van der Waals surface area contributed by atoms with Crippen LogP contribution in [0.25, 0.3) is 0 Å². The van der Waals surface area contributed by atoms with Gasteiger partial charge in [-0.05, 0) is 19.1 Å². The minimum absolute atomic E-state index is 0.0406. The summed E-state index contributed by atoms with van der Waals surface area (Å²) in [5.41, 5.74) is 0.775. The highest BCUT2D eigenvalue weighted by molar-refractivity contribution is 5.60. The summed E-state index contributed by atoms with van der Waals surface area (Å²) in [4.78, 5) is 8.14. The van der Waals surface area contributed by atoms with Gasteiger partial charge in [0.05, 0.1) is 5.69 Å². The Balaban J connectivity index is 2.36. The fourth-order valence-corrected chi connectivity index (χ4v) is 1.41. The molecule has 0 spiro atoms. The van der Waals surface area contributed by atoms with Crippen LogP contribution in [0.15, 0.2) is 24.4 Å². The number of nitrogens with one attached hydrogen (secondary N) is 2. The second kappa shape index (κ2) is 4.95. The number of benzene rings is 1. The van der Waals surface area contributed by atoms with E-state index in [-0.39, 0.29) is 5.69 Å². The maximum absolute atomic E-state index is 13.5. The van der Waals surface area contributed by atoms with E-state index < -0.39 is 11.6 Å². The Morgan fingerprint density at radius 2 is 2.00 bits per heavy atom. The van der Waals surface area contributed by atoms with Gasteiger partial charge in [0.15, 0.2) is 0 Å². The van der Waals surface area contributed by atoms with Crippen molar-refractivity contribution in [3.63, 3.8) is 0 Å². The Kier molecular flexibility index (Phi) is 3.36. The maximum Gasteiger partial charge on any atom is 0.224 e. The van der Waals surface area contributed by atoms with E-state index in [1.807, 2.05) is 0 Å². The molecule has 1 aromatic carbocycles. The Hall–Kier alpha value is -2.24. The Morgan fingerprint density at radius 3 is 2.72 bits per heavy atom. The van der Waals surface area contributed by atoms with Gasteiger partial charge >= 0.3 is 0 Å². The number of aryl methyl sites for hydroxylation is 1. The average molecular weight is 250 g/mol. The molecule has 2 aromatic rings. The zero-order valence-electron chi connectivity index (χ0n) is 9.96. The number of rotatable bonds is 3. The lowest BCUT2D eigenvalue weighted by Gasteiger charge is -2.10. The van der Waals surface area contributed by atoms with Crippen molar-refractivity contribution in [2.45, 2.75) is 6.92 Å². The first-order valence-electron chi connectivity index (χ1n) is 5.33. The molecule has 6 heteroatoms. The van der Waals surface area contributed by atoms with Gasteiger partial charge in [-0.1, -0.05) is 0 Å². The first-order chi connectivity index (χ1) is 8.60. The van der Waals surface area contributed by atoms with Crippen molar-refractivity contribution < 1.29 is 8.78 Å². The highest BCUT2D eigenvalue weighted by Gasteiger charge is 2.08. The van der Waals surface area contributed by atoms with Crippen LogP contribution in [0.2, 0.25) is 0 Å². The van der Waals surface area contributed by atoms with Crippen LogP contribution >= 0.6 is 0 Å². The third-order valence-corrected chi connectivity index (χ3v) is 2.38. The molecule has 0 aliphatic heterocycles. The predicted octanol–water partition coefficient (Wildman–Crippen LogP) is 2.85. The molecular formula is C12H12F2N4. The molecule has 2 rings (SSSR count). The Morgan fingerprint density at radius 1 is 1.22 bits per heavy atom. The van der Waals surface area contributed by atoms with Gasteiger partial charge in [-0.25, -0.2) is 13.8 Å². The van der Waals surface area contributed by atoms with Crippen LogP contribution in [0.1, 0.15) is 5.56 Å². The monoisotopic (exact) mass is 250 g/mol. The Bertz CT molecular complexity index is 572. The zero-order valence-corrected chi connectivity index (χ0v) is 9.96. The maximum atomic E-state index is 13.5. The zero-order chi connectivity index (χ0) is 13.1. The standard InChI is InChI=1S/C12H12F2N4/c1-7-6-16-12(15-2)18-11(7)17-10-5-8(13)3-4-9(10)14/h3-6H,1-2H3,(H2,15,16,17,18). The molecule has 0 saturated heterocycles. The summed E-state index contributed by atoms with van der Waals surface area (Å²) in [6.07, 6.45) is 1.60. The van der Waals surface area contributed by atoms with Crippen molar-refractivity contribution in [1.29, 1.82) is 0 Å². The lowest BCUT2D eigenvalue weighted by molar-refractivity contribution is 0.603. The van der Waals surface area contributed by atoms with Gasteiger partial charge in [-0.2, -0.15) is 4.98 Å². The highest BCUT2D eigenvalue weighted by Crippen LogP contribution is 2.22. The van der Waals surface area contributed by atoms with E-state index >= 15 is 0 Å². The number of nitrogens with zero attached hydrogens (tertiary/aromatic N) is 2. The van der Waals surface area contributed by atoms with E-state index in [1.54, 1.807) is 20.2 Å². The van der Waals surface area contributed by atoms with Crippen LogP contribution < -0.4 is 10.6 Å². The summed E-state index contributed by atoms with van der Waals surface area (Å²) in [6, 6.07) is 3.20. The molecule has 0 bridgehead atoms. The quantitative estimate of drug-likeness (QED) is 0.879. The molecule has 0 unspecified atom stereocenters. The number of hydrogen-bond acceptors (Lipinski definition) is 4. The van der Waals surface area contributed by atoms with Crippen molar-refractivity contribution in [3.05, 3.63) is 41.6 Å². The smallest absolute Gasteiger partial charge is 0.224 e. The Labute approximate surface area is 103 Å². The molecule has 0 saturated carbocycles. The molecule has 18 heavy (non-hydrogen) atoms. The molecule has 4 nitrogen and oxygen atoms in total. The van der Waals surface area contributed by atoms with Gasteiger partial charge in [0.25, 0.3) is 0 Å². The van der Waals surface area contributed by atoms with Crippen molar-refractivity contribution >= 4 is 17.5 Å². The molecular weight excluding hydrogens is 238 g/mol. The lowest BCUT2D eigenvalue weighted by Crippen LogP contribution is -2.03. The SMILES string of the molecule is CNc1ncc(C)c(Nc2cc(F)ccc2F)n1. The molecule has 0 amide bonds. The molecule has 1 aromatic heterocycles. The van der Waals surface area contributed by atoms with Crippen molar-refractivity contribution in [1.82, 2.24) is 9.97 Å². The van der Waals surface area contributed by atoms with Crippen molar-refractivity contribution in [3.8, 4) is 0 Å². The first kappa shape index (κ1) is 12.2. The van der Waals surface area contributed by atoms with E-state index in [2.05, 4.69) is 20.6 Å². The van der Waals surface area contributed by atoms with Gasteiger partial charge in [0, 0.05) is 24.9 Å². The van der Waals surface area contributed by atoms with E-state index in [1.165, 1.54) is 0 Å².